The van der Waals surface area contributed by atoms with Crippen molar-refractivity contribution in [3.8, 4) is 0 Å². The minimum absolute atomic E-state index is 0.536. The minimum atomic E-state index is 0.536. The zero-order chi connectivity index (χ0) is 13.5. The molecule has 0 aromatic carbocycles. The van der Waals surface area contributed by atoms with E-state index in [9.17, 15) is 0 Å². The zero-order valence-corrected chi connectivity index (χ0v) is 13.0. The van der Waals surface area contributed by atoms with Gasteiger partial charge in [0.1, 0.15) is 0 Å². The van der Waals surface area contributed by atoms with Crippen molar-refractivity contribution in [2.75, 3.05) is 19.8 Å². The van der Waals surface area contributed by atoms with Crippen LogP contribution in [0.1, 0.15) is 61.0 Å². The van der Waals surface area contributed by atoms with Crippen LogP contribution >= 0.6 is 11.3 Å². The molecular weight excluding hydrogens is 256 g/mol. The first-order valence-electron chi connectivity index (χ1n) is 7.62. The van der Waals surface area contributed by atoms with Crippen molar-refractivity contribution >= 4 is 11.3 Å². The van der Waals surface area contributed by atoms with Gasteiger partial charge >= 0.3 is 0 Å². The van der Waals surface area contributed by atoms with Crippen LogP contribution in [-0.4, -0.2) is 24.7 Å². The fourth-order valence-electron chi connectivity index (χ4n) is 2.46. The summed E-state index contributed by atoms with van der Waals surface area (Å²) in [5.74, 6) is 0.536. The third-order valence-electron chi connectivity index (χ3n) is 3.50. The van der Waals surface area contributed by atoms with Crippen LogP contribution in [0.25, 0.3) is 0 Å². The second-order valence-electron chi connectivity index (χ2n) is 5.26. The van der Waals surface area contributed by atoms with Crippen molar-refractivity contribution in [2.24, 2.45) is 0 Å². The normalized spacial score (nSPS) is 19.8. The van der Waals surface area contributed by atoms with Gasteiger partial charge < -0.3 is 10.1 Å². The third-order valence-corrected chi connectivity index (χ3v) is 4.76. The number of nitrogens with one attached hydrogen (secondary N) is 1. The van der Waals surface area contributed by atoms with Crippen LogP contribution < -0.4 is 5.32 Å². The third kappa shape index (κ3) is 4.26. The van der Waals surface area contributed by atoms with Crippen molar-refractivity contribution in [1.29, 1.82) is 0 Å². The lowest BCUT2D eigenvalue weighted by molar-refractivity contribution is 0.0803. The predicted molar refractivity (Wildman–Crippen MR) is 80.9 cm³/mol. The molecule has 1 unspecified atom stereocenters. The molecule has 2 heterocycles. The Hall–Kier alpha value is -0.450. The molecule has 1 fully saturated rings. The molecule has 0 amide bonds. The Morgan fingerprint density at radius 2 is 2.26 bits per heavy atom. The first-order chi connectivity index (χ1) is 9.35. The SMILES string of the molecule is CCCNCc1sc(C2CCCOC2)nc1CCC. The monoisotopic (exact) mass is 282 g/mol. The second kappa shape index (κ2) is 7.98. The molecule has 1 aliphatic heterocycles. The van der Waals surface area contributed by atoms with E-state index in [4.69, 9.17) is 9.72 Å². The van der Waals surface area contributed by atoms with E-state index in [1.807, 2.05) is 11.3 Å². The van der Waals surface area contributed by atoms with Gasteiger partial charge in [-0.2, -0.15) is 0 Å². The van der Waals surface area contributed by atoms with Gasteiger partial charge in [0.25, 0.3) is 0 Å². The Labute approximate surface area is 120 Å². The molecular formula is C15H26N2OS. The van der Waals surface area contributed by atoms with Gasteiger partial charge in [0.15, 0.2) is 0 Å². The Morgan fingerprint density at radius 1 is 1.37 bits per heavy atom. The summed E-state index contributed by atoms with van der Waals surface area (Å²) in [6, 6.07) is 0. The molecule has 1 aromatic rings. The quantitative estimate of drug-likeness (QED) is 0.777. The molecule has 0 spiro atoms. The van der Waals surface area contributed by atoms with Crippen molar-refractivity contribution in [1.82, 2.24) is 10.3 Å². The van der Waals surface area contributed by atoms with Crippen LogP contribution in [0.3, 0.4) is 0 Å². The summed E-state index contributed by atoms with van der Waals surface area (Å²) < 4.78 is 5.60. The van der Waals surface area contributed by atoms with Gasteiger partial charge in [-0.15, -0.1) is 11.3 Å². The van der Waals surface area contributed by atoms with E-state index in [1.54, 1.807) is 0 Å². The van der Waals surface area contributed by atoms with E-state index in [0.717, 1.165) is 32.7 Å². The number of hydrogen-bond donors (Lipinski definition) is 1. The number of aromatic nitrogens is 1. The zero-order valence-electron chi connectivity index (χ0n) is 12.2. The number of rotatable bonds is 7. The van der Waals surface area contributed by atoms with Gasteiger partial charge in [-0.1, -0.05) is 20.3 Å². The second-order valence-corrected chi connectivity index (χ2v) is 6.38. The Morgan fingerprint density at radius 3 is 2.95 bits per heavy atom. The molecule has 108 valence electrons. The first kappa shape index (κ1) is 14.9. The Balaban J connectivity index is 2.04. The number of thiazole rings is 1. The van der Waals surface area contributed by atoms with Crippen LogP contribution in [-0.2, 0) is 17.7 Å². The molecule has 1 aliphatic rings. The molecule has 1 aromatic heterocycles. The lowest BCUT2D eigenvalue weighted by atomic mass is 10.0. The maximum Gasteiger partial charge on any atom is 0.0985 e. The highest BCUT2D eigenvalue weighted by molar-refractivity contribution is 7.11. The van der Waals surface area contributed by atoms with E-state index in [0.29, 0.717) is 5.92 Å². The van der Waals surface area contributed by atoms with Crippen molar-refractivity contribution in [2.45, 2.75) is 58.4 Å². The fourth-order valence-corrected chi connectivity index (χ4v) is 3.66. The molecule has 2 rings (SSSR count). The molecule has 1 saturated heterocycles. The molecule has 1 atom stereocenters. The summed E-state index contributed by atoms with van der Waals surface area (Å²) in [7, 11) is 0. The summed E-state index contributed by atoms with van der Waals surface area (Å²) >= 11 is 1.90. The molecule has 0 aliphatic carbocycles. The molecule has 3 nitrogen and oxygen atoms in total. The fraction of sp³-hybridized carbons (Fsp3) is 0.800. The minimum Gasteiger partial charge on any atom is -0.381 e. The van der Waals surface area contributed by atoms with E-state index < -0.39 is 0 Å². The highest BCUT2D eigenvalue weighted by Gasteiger charge is 2.21. The van der Waals surface area contributed by atoms with Gasteiger partial charge in [-0.25, -0.2) is 4.98 Å². The molecule has 19 heavy (non-hydrogen) atoms. The van der Waals surface area contributed by atoms with E-state index >= 15 is 0 Å². The maximum absolute atomic E-state index is 5.60. The van der Waals surface area contributed by atoms with Gasteiger partial charge in [0.2, 0.25) is 0 Å². The van der Waals surface area contributed by atoms with Crippen LogP contribution in [0.15, 0.2) is 0 Å². The van der Waals surface area contributed by atoms with E-state index in [2.05, 4.69) is 19.2 Å². The van der Waals surface area contributed by atoms with Gasteiger partial charge in [0, 0.05) is 23.9 Å². The molecule has 1 N–H and O–H groups in total. The lowest BCUT2D eigenvalue weighted by Crippen LogP contribution is -2.15. The molecule has 0 saturated carbocycles. The number of hydrogen-bond acceptors (Lipinski definition) is 4. The summed E-state index contributed by atoms with van der Waals surface area (Å²) in [6.45, 7) is 8.29. The van der Waals surface area contributed by atoms with Crippen molar-refractivity contribution in [3.63, 3.8) is 0 Å². The van der Waals surface area contributed by atoms with E-state index in [-0.39, 0.29) is 0 Å². The standard InChI is InChI=1S/C15H26N2OS/c1-3-6-13-14(10-16-8-4-2)19-15(17-13)12-7-5-9-18-11-12/h12,16H,3-11H2,1-2H3. The number of aryl methyl sites for hydroxylation is 1. The average molecular weight is 282 g/mol. The van der Waals surface area contributed by atoms with Gasteiger partial charge in [-0.3, -0.25) is 0 Å². The molecule has 4 heteroatoms. The van der Waals surface area contributed by atoms with Gasteiger partial charge in [-0.05, 0) is 32.2 Å². The Bertz CT molecular complexity index is 372. The highest BCUT2D eigenvalue weighted by atomic mass is 32.1. The summed E-state index contributed by atoms with van der Waals surface area (Å²) in [5.41, 5.74) is 1.32. The largest absolute Gasteiger partial charge is 0.381 e. The summed E-state index contributed by atoms with van der Waals surface area (Å²) in [6.07, 6.45) is 5.88. The highest BCUT2D eigenvalue weighted by Crippen LogP contribution is 2.31. The van der Waals surface area contributed by atoms with E-state index in [1.165, 1.54) is 41.3 Å². The first-order valence-corrected chi connectivity index (χ1v) is 8.43. The maximum atomic E-state index is 5.60. The van der Waals surface area contributed by atoms with Crippen molar-refractivity contribution < 1.29 is 4.74 Å². The molecule has 0 radical (unpaired) electrons. The smallest absolute Gasteiger partial charge is 0.0985 e. The molecule has 0 bridgehead atoms. The van der Waals surface area contributed by atoms with Crippen LogP contribution in [0.4, 0.5) is 0 Å². The lowest BCUT2D eigenvalue weighted by Gasteiger charge is -2.19. The summed E-state index contributed by atoms with van der Waals surface area (Å²) in [5, 5.41) is 4.81. The summed E-state index contributed by atoms with van der Waals surface area (Å²) in [4.78, 5) is 6.34. The predicted octanol–water partition coefficient (Wildman–Crippen LogP) is 3.49. The van der Waals surface area contributed by atoms with Crippen LogP contribution in [0.2, 0.25) is 0 Å². The topological polar surface area (TPSA) is 34.1 Å². The number of ether oxygens (including phenoxy) is 1. The number of nitrogens with zero attached hydrogens (tertiary/aromatic N) is 1. The van der Waals surface area contributed by atoms with Crippen LogP contribution in [0, 0.1) is 0 Å². The Kier molecular flexibility index (Phi) is 6.28. The van der Waals surface area contributed by atoms with Crippen LogP contribution in [0.5, 0.6) is 0 Å². The average Bonchev–Trinajstić information content (AvgIpc) is 2.84. The van der Waals surface area contributed by atoms with Gasteiger partial charge in [0.05, 0.1) is 17.3 Å². The van der Waals surface area contributed by atoms with Crippen molar-refractivity contribution in [3.05, 3.63) is 15.6 Å².